The van der Waals surface area contributed by atoms with Gasteiger partial charge >= 0.3 is 5.97 Å². The maximum Gasteiger partial charge on any atom is 0.308 e. The van der Waals surface area contributed by atoms with E-state index in [1.54, 1.807) is 4.90 Å². The van der Waals surface area contributed by atoms with Crippen LogP contribution in [0.1, 0.15) is 30.1 Å². The van der Waals surface area contributed by atoms with Crippen molar-refractivity contribution in [2.75, 3.05) is 18.0 Å². The highest BCUT2D eigenvalue weighted by molar-refractivity contribution is 5.95. The van der Waals surface area contributed by atoms with Crippen LogP contribution in [0.15, 0.2) is 18.2 Å². The summed E-state index contributed by atoms with van der Waals surface area (Å²) in [5, 5.41) is 9.04. The minimum absolute atomic E-state index is 0.131. The first kappa shape index (κ1) is 13.5. The second-order valence-electron chi connectivity index (χ2n) is 4.85. The number of halogens is 1. The smallest absolute Gasteiger partial charge is 0.308 e. The fourth-order valence-corrected chi connectivity index (χ4v) is 2.37. The molecule has 5 heteroatoms. The first-order valence-corrected chi connectivity index (χ1v) is 6.27. The van der Waals surface area contributed by atoms with Crippen LogP contribution in [0.4, 0.5) is 10.1 Å². The molecule has 0 spiro atoms. The lowest BCUT2D eigenvalue weighted by atomic mass is 9.97. The van der Waals surface area contributed by atoms with Crippen molar-refractivity contribution in [1.82, 2.24) is 0 Å². The molecule has 0 aliphatic carbocycles. The fourth-order valence-electron chi connectivity index (χ4n) is 2.37. The number of piperidine rings is 1. The molecule has 1 heterocycles. The number of carbonyl (C=O) groups excluding carboxylic acids is 1. The lowest BCUT2D eigenvalue weighted by Crippen LogP contribution is -2.39. The Hall–Kier alpha value is -1.91. The van der Waals surface area contributed by atoms with Gasteiger partial charge in [-0.1, -0.05) is 0 Å². The van der Waals surface area contributed by atoms with E-state index in [-0.39, 0.29) is 12.3 Å². The zero-order valence-electron chi connectivity index (χ0n) is 10.7. The molecule has 1 aromatic carbocycles. The van der Waals surface area contributed by atoms with Crippen molar-refractivity contribution in [3.63, 3.8) is 0 Å². The molecule has 1 unspecified atom stereocenters. The number of Topliss-reactive ketones (excluding diaryl/α,β-unsaturated/α-hetero) is 1. The molecule has 1 fully saturated rings. The van der Waals surface area contributed by atoms with E-state index in [9.17, 15) is 14.0 Å². The van der Waals surface area contributed by atoms with E-state index in [4.69, 9.17) is 5.11 Å². The third-order valence-corrected chi connectivity index (χ3v) is 3.46. The second-order valence-corrected chi connectivity index (χ2v) is 4.85. The lowest BCUT2D eigenvalue weighted by molar-refractivity contribution is -0.141. The van der Waals surface area contributed by atoms with E-state index in [0.29, 0.717) is 30.6 Å². The largest absolute Gasteiger partial charge is 0.481 e. The van der Waals surface area contributed by atoms with Crippen molar-refractivity contribution in [3.8, 4) is 0 Å². The number of aliphatic carboxylic acids is 1. The van der Waals surface area contributed by atoms with Gasteiger partial charge in [0.05, 0.1) is 11.6 Å². The average Bonchev–Trinajstić information content (AvgIpc) is 2.39. The molecule has 0 bridgehead atoms. The number of carboxylic acid groups (broad SMARTS) is 1. The van der Waals surface area contributed by atoms with Gasteiger partial charge in [-0.15, -0.1) is 0 Å². The summed E-state index contributed by atoms with van der Waals surface area (Å²) in [5.41, 5.74) is 0.757. The average molecular weight is 265 g/mol. The lowest BCUT2D eigenvalue weighted by Gasteiger charge is -2.32. The number of anilines is 1. The number of nitrogens with zero attached hydrogens (tertiary/aromatic N) is 1. The fraction of sp³-hybridized carbons (Fsp3) is 0.429. The summed E-state index contributed by atoms with van der Waals surface area (Å²) in [6.07, 6.45) is 1.32. The molecule has 0 radical (unpaired) electrons. The SMILES string of the molecule is CC(=O)c1ccc(F)c(N2CCCC(C(=O)O)C2)c1. The van der Waals surface area contributed by atoms with Gasteiger partial charge in [0.2, 0.25) is 0 Å². The molecule has 0 saturated carbocycles. The minimum atomic E-state index is -0.854. The van der Waals surface area contributed by atoms with Gasteiger partial charge in [-0.3, -0.25) is 9.59 Å². The third kappa shape index (κ3) is 2.92. The van der Waals surface area contributed by atoms with Crippen LogP contribution < -0.4 is 4.90 Å². The number of benzene rings is 1. The standard InChI is InChI=1S/C14H16FNO3/c1-9(17)10-4-5-12(15)13(7-10)16-6-2-3-11(8-16)14(18)19/h4-5,7,11H,2-3,6,8H2,1H3,(H,18,19). The molecule has 1 N–H and O–H groups in total. The summed E-state index contributed by atoms with van der Waals surface area (Å²) in [5.74, 6) is -1.88. The van der Waals surface area contributed by atoms with E-state index >= 15 is 0 Å². The summed E-state index contributed by atoms with van der Waals surface area (Å²) in [6, 6.07) is 4.21. The Morgan fingerprint density at radius 1 is 1.42 bits per heavy atom. The number of hydrogen-bond acceptors (Lipinski definition) is 3. The van der Waals surface area contributed by atoms with Gasteiger partial charge in [0.1, 0.15) is 5.82 Å². The van der Waals surface area contributed by atoms with Gasteiger partial charge in [0.25, 0.3) is 0 Å². The normalized spacial score (nSPS) is 19.3. The van der Waals surface area contributed by atoms with Gasteiger partial charge in [0, 0.05) is 18.7 Å². The van der Waals surface area contributed by atoms with E-state index in [0.717, 1.165) is 0 Å². The van der Waals surface area contributed by atoms with Crippen molar-refractivity contribution in [1.29, 1.82) is 0 Å². The number of ketones is 1. The first-order valence-electron chi connectivity index (χ1n) is 6.27. The van der Waals surface area contributed by atoms with Crippen molar-refractivity contribution < 1.29 is 19.1 Å². The highest BCUT2D eigenvalue weighted by atomic mass is 19.1. The molecule has 0 aromatic heterocycles. The maximum atomic E-state index is 13.8. The molecule has 1 atom stereocenters. The number of rotatable bonds is 3. The van der Waals surface area contributed by atoms with E-state index in [2.05, 4.69) is 0 Å². The Balaban J connectivity index is 2.27. The Labute approximate surface area is 110 Å². The minimum Gasteiger partial charge on any atom is -0.481 e. The molecule has 1 aromatic rings. The molecule has 1 aliphatic heterocycles. The maximum absolute atomic E-state index is 13.8. The first-order chi connectivity index (χ1) is 8.99. The molecular formula is C14H16FNO3. The van der Waals surface area contributed by atoms with Crippen molar-refractivity contribution in [3.05, 3.63) is 29.6 Å². The summed E-state index contributed by atoms with van der Waals surface area (Å²) in [6.45, 7) is 2.32. The van der Waals surface area contributed by atoms with Crippen LogP contribution in [0.25, 0.3) is 0 Å². The van der Waals surface area contributed by atoms with Gasteiger partial charge in [0.15, 0.2) is 5.78 Å². The van der Waals surface area contributed by atoms with Gasteiger partial charge < -0.3 is 10.0 Å². The predicted molar refractivity (Wildman–Crippen MR) is 69.0 cm³/mol. The number of hydrogen-bond donors (Lipinski definition) is 1. The molecule has 19 heavy (non-hydrogen) atoms. The zero-order valence-corrected chi connectivity index (χ0v) is 10.7. The Morgan fingerprint density at radius 3 is 2.79 bits per heavy atom. The van der Waals surface area contributed by atoms with Crippen LogP contribution >= 0.6 is 0 Å². The molecule has 2 rings (SSSR count). The van der Waals surface area contributed by atoms with Crippen LogP contribution in [-0.2, 0) is 4.79 Å². The van der Waals surface area contributed by atoms with Gasteiger partial charge in [-0.2, -0.15) is 0 Å². The van der Waals surface area contributed by atoms with E-state index in [1.165, 1.54) is 25.1 Å². The zero-order chi connectivity index (χ0) is 14.0. The van der Waals surface area contributed by atoms with Crippen molar-refractivity contribution in [2.24, 2.45) is 5.92 Å². The van der Waals surface area contributed by atoms with Crippen LogP contribution in [0.3, 0.4) is 0 Å². The topological polar surface area (TPSA) is 57.6 Å². The molecular weight excluding hydrogens is 249 g/mol. The van der Waals surface area contributed by atoms with Crippen LogP contribution in [0, 0.1) is 11.7 Å². The molecule has 1 saturated heterocycles. The predicted octanol–water partition coefficient (Wildman–Crippen LogP) is 2.33. The highest BCUT2D eigenvalue weighted by Gasteiger charge is 2.27. The Kier molecular flexibility index (Phi) is 3.83. The van der Waals surface area contributed by atoms with Crippen LogP contribution in [0.5, 0.6) is 0 Å². The summed E-state index contributed by atoms with van der Waals surface area (Å²) in [4.78, 5) is 24.1. The van der Waals surface area contributed by atoms with E-state index in [1.807, 2.05) is 0 Å². The molecule has 102 valence electrons. The van der Waals surface area contributed by atoms with Crippen LogP contribution in [0.2, 0.25) is 0 Å². The number of carboxylic acids is 1. The summed E-state index contributed by atoms with van der Waals surface area (Å²) in [7, 11) is 0. The third-order valence-electron chi connectivity index (χ3n) is 3.46. The van der Waals surface area contributed by atoms with E-state index < -0.39 is 17.7 Å². The van der Waals surface area contributed by atoms with Crippen LogP contribution in [-0.4, -0.2) is 29.9 Å². The van der Waals surface area contributed by atoms with Gasteiger partial charge in [-0.05, 0) is 38.0 Å². The summed E-state index contributed by atoms with van der Waals surface area (Å²) >= 11 is 0. The Bertz CT molecular complexity index is 515. The number of carbonyl (C=O) groups is 2. The summed E-state index contributed by atoms with van der Waals surface area (Å²) < 4.78 is 13.8. The second kappa shape index (κ2) is 5.38. The molecule has 4 nitrogen and oxygen atoms in total. The Morgan fingerprint density at radius 2 is 2.16 bits per heavy atom. The molecule has 1 aliphatic rings. The monoisotopic (exact) mass is 265 g/mol. The van der Waals surface area contributed by atoms with Crippen molar-refractivity contribution in [2.45, 2.75) is 19.8 Å². The van der Waals surface area contributed by atoms with Crippen molar-refractivity contribution >= 4 is 17.4 Å². The molecule has 0 amide bonds. The highest BCUT2D eigenvalue weighted by Crippen LogP contribution is 2.27. The van der Waals surface area contributed by atoms with Gasteiger partial charge in [-0.25, -0.2) is 4.39 Å². The quantitative estimate of drug-likeness (QED) is 0.852.